The van der Waals surface area contributed by atoms with Gasteiger partial charge < -0.3 is 20.1 Å². The second kappa shape index (κ2) is 19.3. The molecule has 0 bridgehead atoms. The maximum atomic E-state index is 12.7. The second-order valence-electron chi connectivity index (χ2n) is 10.3. The second-order valence-corrected chi connectivity index (χ2v) is 10.3. The number of carboxylic acids is 1. The van der Waals surface area contributed by atoms with Crippen LogP contribution in [-0.2, 0) is 9.59 Å². The summed E-state index contributed by atoms with van der Waals surface area (Å²) in [6, 6.07) is 6.29. The fourth-order valence-electron chi connectivity index (χ4n) is 4.90. The van der Waals surface area contributed by atoms with Crippen molar-refractivity contribution in [1.29, 1.82) is 0 Å². The molecule has 200 valence electrons. The summed E-state index contributed by atoms with van der Waals surface area (Å²) in [6.07, 6.45) is 17.0. The fraction of sp³-hybridized carbons (Fsp3) is 0.733. The van der Waals surface area contributed by atoms with E-state index < -0.39 is 5.97 Å². The van der Waals surface area contributed by atoms with Crippen molar-refractivity contribution in [1.82, 2.24) is 0 Å². The predicted molar refractivity (Wildman–Crippen MR) is 145 cm³/mol. The monoisotopic (exact) mass is 488 g/mol. The number of para-hydroxylation sites is 1. The summed E-state index contributed by atoms with van der Waals surface area (Å²) in [5.74, 6) is -0.703. The molecule has 2 unspecified atom stereocenters. The van der Waals surface area contributed by atoms with E-state index >= 15 is 0 Å². The summed E-state index contributed by atoms with van der Waals surface area (Å²) >= 11 is 0. The summed E-state index contributed by atoms with van der Waals surface area (Å²) in [4.78, 5) is 24.3. The molecule has 0 saturated carbocycles. The Hall–Kier alpha value is -1.88. The van der Waals surface area contributed by atoms with Crippen LogP contribution in [0.4, 0.5) is 5.69 Å². The van der Waals surface area contributed by atoms with Crippen molar-refractivity contribution in [2.45, 2.75) is 130 Å². The Labute approximate surface area is 215 Å². The lowest BCUT2D eigenvalue weighted by molar-refractivity contribution is -0.921. The molecule has 1 heterocycles. The number of aryl methyl sites for hydroxylation is 2. The number of benzene rings is 1. The van der Waals surface area contributed by atoms with Gasteiger partial charge in [0.1, 0.15) is 0 Å². The molecule has 35 heavy (non-hydrogen) atoms. The highest BCUT2D eigenvalue weighted by Crippen LogP contribution is 2.20. The zero-order valence-electron chi connectivity index (χ0n) is 23.1. The van der Waals surface area contributed by atoms with E-state index in [1.54, 1.807) is 0 Å². The van der Waals surface area contributed by atoms with Crippen LogP contribution >= 0.6 is 0 Å². The van der Waals surface area contributed by atoms with Crippen LogP contribution in [0.25, 0.3) is 0 Å². The number of anilines is 1. The summed E-state index contributed by atoms with van der Waals surface area (Å²) in [6.45, 7) is 10.8. The normalized spacial score (nSPS) is 17.4. The number of unbranched alkanes of at least 4 members (excludes halogenated alkanes) is 9. The van der Waals surface area contributed by atoms with Crippen molar-refractivity contribution in [3.8, 4) is 0 Å². The van der Waals surface area contributed by atoms with Crippen molar-refractivity contribution in [3.05, 3.63) is 29.3 Å². The van der Waals surface area contributed by atoms with Gasteiger partial charge in [-0.3, -0.25) is 4.79 Å². The van der Waals surface area contributed by atoms with Crippen molar-refractivity contribution < 1.29 is 19.6 Å². The van der Waals surface area contributed by atoms with E-state index in [0.717, 1.165) is 49.2 Å². The summed E-state index contributed by atoms with van der Waals surface area (Å²) in [7, 11) is 0. The van der Waals surface area contributed by atoms with E-state index in [-0.39, 0.29) is 18.4 Å². The van der Waals surface area contributed by atoms with Crippen LogP contribution < -0.4 is 15.3 Å². The average molecular weight is 489 g/mol. The summed E-state index contributed by atoms with van der Waals surface area (Å²) < 4.78 is 0. The Balaban J connectivity index is 0.000000383. The van der Waals surface area contributed by atoms with E-state index in [0.29, 0.717) is 0 Å². The highest BCUT2D eigenvalue weighted by atomic mass is 16.4. The smallest absolute Gasteiger partial charge is 0.282 e. The van der Waals surface area contributed by atoms with Gasteiger partial charge in [0.25, 0.3) is 5.91 Å². The number of carbonyl (C=O) groups excluding carboxylic acids is 2. The third-order valence-corrected chi connectivity index (χ3v) is 7.12. The van der Waals surface area contributed by atoms with Gasteiger partial charge in [0, 0.05) is 18.1 Å². The van der Waals surface area contributed by atoms with Crippen LogP contribution in [0.15, 0.2) is 18.2 Å². The minimum absolute atomic E-state index is 0.129. The highest BCUT2D eigenvalue weighted by molar-refractivity contribution is 5.95. The molecular weight excluding hydrogens is 436 g/mol. The van der Waals surface area contributed by atoms with Gasteiger partial charge in [-0.15, -0.1) is 0 Å². The molecular formula is C30H52N2O3. The zero-order chi connectivity index (χ0) is 25.9. The maximum Gasteiger partial charge on any atom is 0.282 e. The zero-order valence-corrected chi connectivity index (χ0v) is 23.1. The topological polar surface area (TPSA) is 73.7 Å². The van der Waals surface area contributed by atoms with Crippen LogP contribution in [0.3, 0.4) is 0 Å². The Bertz CT molecular complexity index is 699. The number of rotatable bonds is 15. The van der Waals surface area contributed by atoms with E-state index in [4.69, 9.17) is 0 Å². The first-order chi connectivity index (χ1) is 16.9. The number of likely N-dealkylation sites (tertiary alicyclic amines) is 1. The first kappa shape index (κ1) is 31.2. The largest absolute Gasteiger partial charge is 0.550 e. The molecule has 1 aromatic rings. The van der Waals surface area contributed by atoms with Crippen molar-refractivity contribution in [2.24, 2.45) is 0 Å². The molecule has 2 N–H and O–H groups in total. The van der Waals surface area contributed by atoms with E-state index in [9.17, 15) is 14.7 Å². The number of carboxylic acid groups (broad SMARTS) is 1. The number of hydrogen-bond acceptors (Lipinski definition) is 3. The van der Waals surface area contributed by atoms with Crippen molar-refractivity contribution >= 4 is 17.6 Å². The van der Waals surface area contributed by atoms with Crippen LogP contribution in [0.1, 0.15) is 121 Å². The fourth-order valence-corrected chi connectivity index (χ4v) is 4.90. The minimum Gasteiger partial charge on any atom is -0.550 e. The predicted octanol–water partition coefficient (Wildman–Crippen LogP) is 5.14. The average Bonchev–Trinajstić information content (AvgIpc) is 2.84. The molecule has 0 spiro atoms. The number of amides is 1. The number of nitrogens with one attached hydrogen (secondary N) is 2. The molecule has 2 rings (SSSR count). The molecule has 1 fully saturated rings. The first-order valence-corrected chi connectivity index (χ1v) is 14.3. The standard InChI is InChI=1S/C18H28N2O.C12H24O2/c1-4-5-12-20-13-7-6-11-16(20)18(21)19-17-14(2)9-8-10-15(17)3;1-2-3-4-5-6-7-8-9-10-11-12(13)14/h8-10,16H,4-7,11-13H2,1-3H3,(H,19,21);2-11H2,1H3,(H,13,14). The van der Waals surface area contributed by atoms with E-state index in [1.807, 2.05) is 6.07 Å². The van der Waals surface area contributed by atoms with Crippen LogP contribution in [-0.4, -0.2) is 31.0 Å². The summed E-state index contributed by atoms with van der Waals surface area (Å²) in [5.41, 5.74) is 3.30. The van der Waals surface area contributed by atoms with Crippen LogP contribution in [0.2, 0.25) is 0 Å². The van der Waals surface area contributed by atoms with E-state index in [2.05, 4.69) is 45.1 Å². The molecule has 1 saturated heterocycles. The van der Waals surface area contributed by atoms with Gasteiger partial charge in [-0.25, -0.2) is 0 Å². The molecule has 0 aliphatic carbocycles. The molecule has 1 aromatic carbocycles. The molecule has 1 aliphatic heterocycles. The third kappa shape index (κ3) is 13.7. The SMILES string of the molecule is CCCCCCCCCCCC(=O)[O-].CCCC[NH+]1CCCCC1C(=O)Nc1c(C)cccc1C. The number of hydrogen-bond donors (Lipinski definition) is 2. The van der Waals surface area contributed by atoms with Gasteiger partial charge in [0.15, 0.2) is 6.04 Å². The lowest BCUT2D eigenvalue weighted by Crippen LogP contribution is -3.17. The molecule has 1 amide bonds. The van der Waals surface area contributed by atoms with Gasteiger partial charge in [0.2, 0.25) is 0 Å². The van der Waals surface area contributed by atoms with Crippen molar-refractivity contribution in [3.63, 3.8) is 0 Å². The molecule has 5 heteroatoms. The Kier molecular flexibility index (Phi) is 17.2. The van der Waals surface area contributed by atoms with Crippen LogP contribution in [0, 0.1) is 13.8 Å². The highest BCUT2D eigenvalue weighted by Gasteiger charge is 2.32. The van der Waals surface area contributed by atoms with Gasteiger partial charge in [-0.1, -0.05) is 89.8 Å². The molecule has 0 aromatic heterocycles. The van der Waals surface area contributed by atoms with Gasteiger partial charge in [0.05, 0.1) is 13.1 Å². The lowest BCUT2D eigenvalue weighted by Gasteiger charge is -2.31. The number of aliphatic carboxylic acids is 1. The molecule has 1 aliphatic rings. The van der Waals surface area contributed by atoms with E-state index in [1.165, 1.54) is 75.5 Å². The molecule has 5 nitrogen and oxygen atoms in total. The van der Waals surface area contributed by atoms with Crippen molar-refractivity contribution in [2.75, 3.05) is 18.4 Å². The quantitative estimate of drug-likeness (QED) is 0.336. The third-order valence-electron chi connectivity index (χ3n) is 7.12. The van der Waals surface area contributed by atoms with Gasteiger partial charge >= 0.3 is 0 Å². The first-order valence-electron chi connectivity index (χ1n) is 14.3. The lowest BCUT2D eigenvalue weighted by atomic mass is 10.00. The number of quaternary nitrogens is 1. The number of piperidine rings is 1. The Morgan fingerprint density at radius 1 is 0.886 bits per heavy atom. The Morgan fingerprint density at radius 2 is 1.46 bits per heavy atom. The van der Waals surface area contributed by atoms with Gasteiger partial charge in [-0.05, 0) is 57.1 Å². The molecule has 0 radical (unpaired) electrons. The number of carbonyl (C=O) groups is 2. The Morgan fingerprint density at radius 3 is 2.03 bits per heavy atom. The summed E-state index contributed by atoms with van der Waals surface area (Å²) in [5, 5.41) is 13.3. The van der Waals surface area contributed by atoms with Gasteiger partial charge in [-0.2, -0.15) is 0 Å². The molecule has 2 atom stereocenters. The maximum absolute atomic E-state index is 12.7. The minimum atomic E-state index is -0.909. The van der Waals surface area contributed by atoms with Crippen LogP contribution in [0.5, 0.6) is 0 Å².